The molecule has 3 nitrogen and oxygen atoms in total. The first kappa shape index (κ1) is 14.8. The van der Waals surface area contributed by atoms with Gasteiger partial charge in [0.05, 0.1) is 11.5 Å². The zero-order valence-electron chi connectivity index (χ0n) is 12.7. The maximum atomic E-state index is 9.10. The molecular formula is C16H29N3. The Morgan fingerprint density at radius 2 is 2.00 bits per heavy atom. The summed E-state index contributed by atoms with van der Waals surface area (Å²) in [6.45, 7) is 8.78. The van der Waals surface area contributed by atoms with Crippen molar-refractivity contribution in [2.45, 2.75) is 64.3 Å². The van der Waals surface area contributed by atoms with Crippen LogP contribution in [-0.2, 0) is 0 Å². The Hall–Kier alpha value is -0.590. The van der Waals surface area contributed by atoms with Gasteiger partial charge in [0, 0.05) is 25.2 Å². The Balaban J connectivity index is 1.88. The summed E-state index contributed by atoms with van der Waals surface area (Å²) in [6.07, 6.45) is 9.09. The fourth-order valence-corrected chi connectivity index (χ4v) is 3.70. The predicted octanol–water partition coefficient (Wildman–Crippen LogP) is 2.92. The van der Waals surface area contributed by atoms with Gasteiger partial charge in [-0.1, -0.05) is 19.3 Å². The minimum atomic E-state index is -0.159. The molecule has 0 unspecified atom stereocenters. The molecule has 0 aromatic rings. The first-order chi connectivity index (χ1) is 9.08. The summed E-state index contributed by atoms with van der Waals surface area (Å²) in [5, 5.41) is 12.7. The Labute approximate surface area is 118 Å². The van der Waals surface area contributed by atoms with Crippen LogP contribution in [0.15, 0.2) is 0 Å². The third-order valence-corrected chi connectivity index (χ3v) is 5.00. The summed E-state index contributed by atoms with van der Waals surface area (Å²) >= 11 is 0. The molecule has 3 heteroatoms. The van der Waals surface area contributed by atoms with Gasteiger partial charge in [-0.05, 0) is 46.1 Å². The highest BCUT2D eigenvalue weighted by Gasteiger charge is 2.39. The molecule has 1 saturated heterocycles. The van der Waals surface area contributed by atoms with E-state index in [4.69, 9.17) is 5.26 Å². The normalized spacial score (nSPS) is 24.3. The van der Waals surface area contributed by atoms with Gasteiger partial charge in [-0.3, -0.25) is 4.90 Å². The number of piperazine rings is 1. The van der Waals surface area contributed by atoms with Gasteiger partial charge in [-0.25, -0.2) is 0 Å². The molecule has 108 valence electrons. The van der Waals surface area contributed by atoms with E-state index < -0.39 is 0 Å². The van der Waals surface area contributed by atoms with E-state index in [1.54, 1.807) is 0 Å². The van der Waals surface area contributed by atoms with E-state index >= 15 is 0 Å². The number of nitriles is 1. The maximum Gasteiger partial charge on any atom is 0.0683 e. The number of nitrogens with one attached hydrogen (secondary N) is 1. The lowest BCUT2D eigenvalue weighted by atomic mass is 9.78. The zero-order chi connectivity index (χ0) is 13.8. The van der Waals surface area contributed by atoms with Gasteiger partial charge in [0.15, 0.2) is 0 Å². The zero-order valence-corrected chi connectivity index (χ0v) is 12.7. The Morgan fingerprint density at radius 3 is 2.68 bits per heavy atom. The lowest BCUT2D eigenvalue weighted by molar-refractivity contribution is 0.0251. The fraction of sp³-hybridized carbons (Fsp3) is 0.938. The highest BCUT2D eigenvalue weighted by Crippen LogP contribution is 2.35. The predicted molar refractivity (Wildman–Crippen MR) is 78.9 cm³/mol. The smallest absolute Gasteiger partial charge is 0.0683 e. The maximum absolute atomic E-state index is 9.10. The Morgan fingerprint density at radius 1 is 1.26 bits per heavy atom. The number of rotatable bonds is 4. The number of nitrogens with zero attached hydrogens (tertiary/aromatic N) is 2. The van der Waals surface area contributed by atoms with Crippen LogP contribution in [0.25, 0.3) is 0 Å². The second-order valence-corrected chi connectivity index (χ2v) is 7.05. The molecule has 0 aromatic carbocycles. The van der Waals surface area contributed by atoms with Gasteiger partial charge in [0.1, 0.15) is 0 Å². The molecule has 0 atom stereocenters. The van der Waals surface area contributed by atoms with Crippen LogP contribution in [-0.4, -0.2) is 36.6 Å². The largest absolute Gasteiger partial charge is 0.314 e. The standard InChI is InChI=1S/C16H29N3/c1-15(2,13-17)7-6-11-19-12-10-18-14-16(19)8-4-3-5-9-16/h18H,3-12,14H2,1-2H3. The molecule has 1 saturated carbocycles. The summed E-state index contributed by atoms with van der Waals surface area (Å²) in [5.74, 6) is 0. The van der Waals surface area contributed by atoms with Crippen LogP contribution in [0.4, 0.5) is 0 Å². The van der Waals surface area contributed by atoms with Gasteiger partial charge >= 0.3 is 0 Å². The van der Waals surface area contributed by atoms with Gasteiger partial charge < -0.3 is 5.32 Å². The van der Waals surface area contributed by atoms with Crippen LogP contribution >= 0.6 is 0 Å². The summed E-state index contributed by atoms with van der Waals surface area (Å²) in [5.41, 5.74) is 0.279. The monoisotopic (exact) mass is 263 g/mol. The second kappa shape index (κ2) is 6.24. The van der Waals surface area contributed by atoms with E-state index in [1.807, 2.05) is 0 Å². The molecule has 2 aliphatic rings. The summed E-state index contributed by atoms with van der Waals surface area (Å²) < 4.78 is 0. The van der Waals surface area contributed by atoms with Crippen molar-refractivity contribution in [1.82, 2.24) is 10.2 Å². The molecule has 0 amide bonds. The van der Waals surface area contributed by atoms with E-state index in [0.29, 0.717) is 5.54 Å². The average Bonchev–Trinajstić information content (AvgIpc) is 2.42. The summed E-state index contributed by atoms with van der Waals surface area (Å²) in [6, 6.07) is 2.42. The van der Waals surface area contributed by atoms with Crippen LogP contribution in [0.1, 0.15) is 58.8 Å². The van der Waals surface area contributed by atoms with Crippen molar-refractivity contribution in [3.63, 3.8) is 0 Å². The molecule has 0 bridgehead atoms. The van der Waals surface area contributed by atoms with Crippen molar-refractivity contribution in [2.24, 2.45) is 5.41 Å². The Kier molecular flexibility index (Phi) is 4.86. The van der Waals surface area contributed by atoms with Gasteiger partial charge in [0.2, 0.25) is 0 Å². The number of hydrogen-bond acceptors (Lipinski definition) is 3. The summed E-state index contributed by atoms with van der Waals surface area (Å²) in [4.78, 5) is 2.73. The second-order valence-electron chi connectivity index (χ2n) is 7.05. The van der Waals surface area contributed by atoms with Crippen molar-refractivity contribution >= 4 is 0 Å². The van der Waals surface area contributed by atoms with E-state index in [0.717, 1.165) is 19.4 Å². The molecule has 0 aromatic heterocycles. The van der Waals surface area contributed by atoms with Gasteiger partial charge in [-0.2, -0.15) is 5.26 Å². The van der Waals surface area contributed by atoms with Crippen molar-refractivity contribution < 1.29 is 0 Å². The third kappa shape index (κ3) is 3.70. The summed E-state index contributed by atoms with van der Waals surface area (Å²) in [7, 11) is 0. The van der Waals surface area contributed by atoms with Crippen LogP contribution in [0.5, 0.6) is 0 Å². The quantitative estimate of drug-likeness (QED) is 0.847. The van der Waals surface area contributed by atoms with E-state index in [1.165, 1.54) is 51.7 Å². The SMILES string of the molecule is CC(C)(C#N)CCCN1CCNCC12CCCCC2. The van der Waals surface area contributed by atoms with Crippen molar-refractivity contribution in [3.05, 3.63) is 0 Å². The first-order valence-electron chi connectivity index (χ1n) is 7.95. The average molecular weight is 263 g/mol. The van der Waals surface area contributed by atoms with Crippen molar-refractivity contribution in [2.75, 3.05) is 26.2 Å². The van der Waals surface area contributed by atoms with Gasteiger partial charge in [0.25, 0.3) is 0 Å². The molecular weight excluding hydrogens is 234 g/mol. The molecule has 2 rings (SSSR count). The molecule has 1 aliphatic heterocycles. The lowest BCUT2D eigenvalue weighted by Gasteiger charge is -2.50. The molecule has 1 spiro atoms. The van der Waals surface area contributed by atoms with Crippen LogP contribution in [0.2, 0.25) is 0 Å². The van der Waals surface area contributed by atoms with Crippen LogP contribution in [0.3, 0.4) is 0 Å². The Bertz CT molecular complexity index is 315. The molecule has 1 heterocycles. The van der Waals surface area contributed by atoms with Gasteiger partial charge in [-0.15, -0.1) is 0 Å². The van der Waals surface area contributed by atoms with Crippen LogP contribution < -0.4 is 5.32 Å². The number of hydrogen-bond donors (Lipinski definition) is 1. The van der Waals surface area contributed by atoms with Crippen molar-refractivity contribution in [3.8, 4) is 6.07 Å². The highest BCUT2D eigenvalue weighted by atomic mass is 15.3. The molecule has 2 fully saturated rings. The highest BCUT2D eigenvalue weighted by molar-refractivity contribution is 4.98. The minimum Gasteiger partial charge on any atom is -0.314 e. The van der Waals surface area contributed by atoms with E-state index in [9.17, 15) is 0 Å². The first-order valence-corrected chi connectivity index (χ1v) is 7.95. The molecule has 1 aliphatic carbocycles. The van der Waals surface area contributed by atoms with Crippen LogP contribution in [0, 0.1) is 16.7 Å². The topological polar surface area (TPSA) is 39.1 Å². The van der Waals surface area contributed by atoms with E-state index in [-0.39, 0.29) is 5.41 Å². The molecule has 19 heavy (non-hydrogen) atoms. The minimum absolute atomic E-state index is 0.159. The molecule has 0 radical (unpaired) electrons. The lowest BCUT2D eigenvalue weighted by Crippen LogP contribution is -2.62. The third-order valence-electron chi connectivity index (χ3n) is 5.00. The van der Waals surface area contributed by atoms with E-state index in [2.05, 4.69) is 30.1 Å². The fourth-order valence-electron chi connectivity index (χ4n) is 3.70. The van der Waals surface area contributed by atoms with Crippen molar-refractivity contribution in [1.29, 1.82) is 5.26 Å². The molecule has 1 N–H and O–H groups in total.